The van der Waals surface area contributed by atoms with Crippen LogP contribution in [0.15, 0.2) is 0 Å². The number of hydrogen-bond acceptors (Lipinski definition) is 5. The van der Waals surface area contributed by atoms with Gasteiger partial charge in [0.05, 0.1) is 11.8 Å². The minimum atomic E-state index is -1.11. The maximum atomic E-state index is 12.1. The highest BCUT2D eigenvalue weighted by Crippen LogP contribution is 2.24. The fourth-order valence-electron chi connectivity index (χ4n) is 2.25. The van der Waals surface area contributed by atoms with Crippen molar-refractivity contribution in [2.45, 2.75) is 38.8 Å². The molecule has 2 atom stereocenters. The number of β-amino-alcohol motifs (C(OH)–C–C–N with tert-alkyl or cyclic N) is 1. The highest BCUT2D eigenvalue weighted by Gasteiger charge is 2.39. The predicted octanol–water partition coefficient (Wildman–Crippen LogP) is 1.07. The van der Waals surface area contributed by atoms with E-state index in [1.54, 1.807) is 0 Å². The molecule has 0 aliphatic carbocycles. The van der Waals surface area contributed by atoms with Gasteiger partial charge in [-0.25, -0.2) is 14.6 Å². The molecule has 8 heteroatoms. The van der Waals surface area contributed by atoms with Crippen LogP contribution in [0.1, 0.15) is 23.9 Å². The number of nitrogens with zero attached hydrogens (tertiary/aromatic N) is 2. The van der Waals surface area contributed by atoms with Crippen LogP contribution < -0.4 is 5.32 Å². The number of amides is 2. The Balaban J connectivity index is 2.08. The van der Waals surface area contributed by atoms with E-state index in [0.717, 1.165) is 21.9 Å². The second-order valence-electron chi connectivity index (χ2n) is 4.70. The molecule has 20 heavy (non-hydrogen) atoms. The number of aliphatic hydroxyl groups excluding tert-OH is 1. The van der Waals surface area contributed by atoms with Gasteiger partial charge in [0, 0.05) is 17.8 Å². The number of carbonyl (C=O) groups excluding carboxylic acids is 1. The second kappa shape index (κ2) is 5.76. The molecule has 0 aromatic carbocycles. The molecular formula is C12H17N3O4S. The topological polar surface area (TPSA) is 103 Å². The van der Waals surface area contributed by atoms with Crippen LogP contribution in [0.2, 0.25) is 0 Å². The van der Waals surface area contributed by atoms with Gasteiger partial charge in [-0.15, -0.1) is 11.3 Å². The molecule has 7 nitrogen and oxygen atoms in total. The summed E-state index contributed by atoms with van der Waals surface area (Å²) in [5.41, 5.74) is 0.918. The van der Waals surface area contributed by atoms with E-state index in [1.807, 2.05) is 13.8 Å². The monoisotopic (exact) mass is 299 g/mol. The number of rotatable bonds is 3. The zero-order valence-electron chi connectivity index (χ0n) is 11.3. The Morgan fingerprint density at radius 1 is 1.55 bits per heavy atom. The van der Waals surface area contributed by atoms with E-state index >= 15 is 0 Å². The quantitative estimate of drug-likeness (QED) is 0.774. The third kappa shape index (κ3) is 2.91. The van der Waals surface area contributed by atoms with E-state index in [1.165, 1.54) is 11.3 Å². The zero-order chi connectivity index (χ0) is 14.9. The lowest BCUT2D eigenvalue weighted by molar-refractivity contribution is -0.141. The van der Waals surface area contributed by atoms with E-state index in [4.69, 9.17) is 5.11 Å². The van der Waals surface area contributed by atoms with Crippen molar-refractivity contribution in [2.24, 2.45) is 0 Å². The minimum Gasteiger partial charge on any atom is -0.480 e. The first-order valence-corrected chi connectivity index (χ1v) is 7.18. The van der Waals surface area contributed by atoms with Gasteiger partial charge in [-0.2, -0.15) is 0 Å². The van der Waals surface area contributed by atoms with Crippen molar-refractivity contribution in [3.05, 3.63) is 10.6 Å². The molecule has 1 aromatic heterocycles. The van der Waals surface area contributed by atoms with E-state index in [-0.39, 0.29) is 13.0 Å². The van der Waals surface area contributed by atoms with Crippen LogP contribution in [0, 0.1) is 6.92 Å². The van der Waals surface area contributed by atoms with Crippen molar-refractivity contribution < 1.29 is 19.8 Å². The van der Waals surface area contributed by atoms with Crippen LogP contribution in [-0.4, -0.2) is 50.8 Å². The van der Waals surface area contributed by atoms with Gasteiger partial charge in [0.1, 0.15) is 6.04 Å². The molecule has 2 amide bonds. The molecule has 0 bridgehead atoms. The molecule has 1 aromatic rings. The lowest BCUT2D eigenvalue weighted by Crippen LogP contribution is -2.43. The van der Waals surface area contributed by atoms with Crippen molar-refractivity contribution in [3.8, 4) is 0 Å². The summed E-state index contributed by atoms with van der Waals surface area (Å²) < 4.78 is 0. The van der Waals surface area contributed by atoms with E-state index in [2.05, 4.69) is 10.3 Å². The number of aliphatic carboxylic acids is 1. The standard InChI is InChI=1S/C12H17N3O4S/c1-3-8-6(2)20-11(13-8)14-12(19)15-5-7(16)4-9(15)10(17)18/h7,9,16H,3-5H2,1-2H3,(H,17,18)(H,13,14,19). The fraction of sp³-hybridized carbons (Fsp3) is 0.583. The normalized spacial score (nSPS) is 22.1. The van der Waals surface area contributed by atoms with Crippen LogP contribution in [-0.2, 0) is 11.2 Å². The van der Waals surface area contributed by atoms with Crippen LogP contribution in [0.4, 0.5) is 9.93 Å². The van der Waals surface area contributed by atoms with Crippen molar-refractivity contribution in [1.29, 1.82) is 0 Å². The summed E-state index contributed by atoms with van der Waals surface area (Å²) in [6, 6.07) is -1.53. The molecule has 2 unspecified atom stereocenters. The van der Waals surface area contributed by atoms with Gasteiger partial charge >= 0.3 is 12.0 Å². The van der Waals surface area contributed by atoms with Gasteiger partial charge in [-0.1, -0.05) is 6.92 Å². The first-order chi connectivity index (χ1) is 9.42. The van der Waals surface area contributed by atoms with Crippen molar-refractivity contribution in [3.63, 3.8) is 0 Å². The van der Waals surface area contributed by atoms with Crippen molar-refractivity contribution in [2.75, 3.05) is 11.9 Å². The first kappa shape index (κ1) is 14.7. The van der Waals surface area contributed by atoms with Crippen LogP contribution >= 0.6 is 11.3 Å². The number of likely N-dealkylation sites (tertiary alicyclic amines) is 1. The number of thiazole rings is 1. The molecule has 1 saturated heterocycles. The molecule has 3 N–H and O–H groups in total. The average molecular weight is 299 g/mol. The van der Waals surface area contributed by atoms with Gasteiger partial charge in [-0.3, -0.25) is 5.32 Å². The number of nitrogens with one attached hydrogen (secondary N) is 1. The molecule has 2 heterocycles. The number of urea groups is 1. The number of hydrogen-bond donors (Lipinski definition) is 3. The molecule has 2 rings (SSSR count). The third-order valence-electron chi connectivity index (χ3n) is 3.27. The Bertz CT molecular complexity index is 531. The molecule has 0 saturated carbocycles. The smallest absolute Gasteiger partial charge is 0.326 e. The fourth-order valence-corrected chi connectivity index (χ4v) is 3.14. The maximum Gasteiger partial charge on any atom is 0.326 e. The Morgan fingerprint density at radius 2 is 2.25 bits per heavy atom. The van der Waals surface area contributed by atoms with E-state index in [0.29, 0.717) is 5.13 Å². The molecular weight excluding hydrogens is 282 g/mol. The van der Waals surface area contributed by atoms with Crippen LogP contribution in [0.5, 0.6) is 0 Å². The van der Waals surface area contributed by atoms with Gasteiger partial charge in [0.25, 0.3) is 0 Å². The van der Waals surface area contributed by atoms with Gasteiger partial charge in [0.15, 0.2) is 5.13 Å². The first-order valence-electron chi connectivity index (χ1n) is 6.37. The Hall–Kier alpha value is -1.67. The number of aliphatic hydroxyl groups is 1. The summed E-state index contributed by atoms with van der Waals surface area (Å²) in [7, 11) is 0. The average Bonchev–Trinajstić information content (AvgIpc) is 2.92. The zero-order valence-corrected chi connectivity index (χ0v) is 12.1. The summed E-state index contributed by atoms with van der Waals surface area (Å²) in [4.78, 5) is 29.6. The Morgan fingerprint density at radius 3 is 2.80 bits per heavy atom. The minimum absolute atomic E-state index is 0.0216. The predicted molar refractivity (Wildman–Crippen MR) is 74.0 cm³/mol. The number of carboxylic acid groups (broad SMARTS) is 1. The van der Waals surface area contributed by atoms with Gasteiger partial charge < -0.3 is 15.1 Å². The highest BCUT2D eigenvalue weighted by atomic mass is 32.1. The largest absolute Gasteiger partial charge is 0.480 e. The van der Waals surface area contributed by atoms with E-state index < -0.39 is 24.1 Å². The molecule has 1 aliphatic heterocycles. The maximum absolute atomic E-state index is 12.1. The van der Waals surface area contributed by atoms with Crippen LogP contribution in [0.25, 0.3) is 0 Å². The summed E-state index contributed by atoms with van der Waals surface area (Å²) in [6.45, 7) is 3.92. The Labute approximate surface area is 120 Å². The van der Waals surface area contributed by atoms with Gasteiger partial charge in [0.2, 0.25) is 0 Å². The van der Waals surface area contributed by atoms with Crippen LogP contribution in [0.3, 0.4) is 0 Å². The number of carboxylic acids is 1. The third-order valence-corrected chi connectivity index (χ3v) is 4.19. The summed E-state index contributed by atoms with van der Waals surface area (Å²) in [6.07, 6.45) is 0.0317. The molecule has 0 spiro atoms. The Kier molecular flexibility index (Phi) is 4.24. The number of aryl methyl sites for hydroxylation is 2. The lowest BCUT2D eigenvalue weighted by Gasteiger charge is -2.20. The molecule has 110 valence electrons. The van der Waals surface area contributed by atoms with Crippen molar-refractivity contribution in [1.82, 2.24) is 9.88 Å². The SMILES string of the molecule is CCc1nc(NC(=O)N2CC(O)CC2C(=O)O)sc1C. The van der Waals surface area contributed by atoms with Gasteiger partial charge in [-0.05, 0) is 13.3 Å². The lowest BCUT2D eigenvalue weighted by atomic mass is 10.2. The second-order valence-corrected chi connectivity index (χ2v) is 5.90. The summed E-state index contributed by atoms with van der Waals surface area (Å²) >= 11 is 1.36. The number of anilines is 1. The molecule has 0 radical (unpaired) electrons. The number of aromatic nitrogens is 1. The van der Waals surface area contributed by atoms with E-state index in [9.17, 15) is 14.7 Å². The summed E-state index contributed by atoms with van der Waals surface area (Å²) in [5.74, 6) is -1.11. The number of carbonyl (C=O) groups is 2. The van der Waals surface area contributed by atoms with Crippen molar-refractivity contribution >= 4 is 28.5 Å². The molecule has 1 fully saturated rings. The molecule has 1 aliphatic rings. The summed E-state index contributed by atoms with van der Waals surface area (Å²) in [5, 5.41) is 21.6. The highest BCUT2D eigenvalue weighted by molar-refractivity contribution is 7.15.